The van der Waals surface area contributed by atoms with Gasteiger partial charge in [0.25, 0.3) is 0 Å². The fourth-order valence-electron chi connectivity index (χ4n) is 2.16. The predicted octanol–water partition coefficient (Wildman–Crippen LogP) is 2.41. The summed E-state index contributed by atoms with van der Waals surface area (Å²) in [5, 5.41) is 20.5. The topological polar surface area (TPSA) is 84.4 Å². The van der Waals surface area contributed by atoms with Gasteiger partial charge in [-0.15, -0.1) is 0 Å². The van der Waals surface area contributed by atoms with E-state index in [4.69, 9.17) is 0 Å². The molecule has 0 saturated carbocycles. The molecule has 1 atom stereocenters. The molecule has 23 heavy (non-hydrogen) atoms. The standard InChI is InChI=1S/C16H20N4O3/c1-12(21)11-19-15(17-10-16(19)20(22)23)9-6-13-4-7-14(8-5-13)18(2)3/h4-10,12,21H,11H2,1-3H3/b9-6+. The number of aromatic nitrogens is 2. The molecule has 7 nitrogen and oxygen atoms in total. The van der Waals surface area contributed by atoms with Crippen LogP contribution in [-0.2, 0) is 6.54 Å². The van der Waals surface area contributed by atoms with Gasteiger partial charge in [0.1, 0.15) is 12.7 Å². The van der Waals surface area contributed by atoms with Gasteiger partial charge < -0.3 is 20.1 Å². The van der Waals surface area contributed by atoms with Crippen molar-refractivity contribution in [2.45, 2.75) is 19.6 Å². The largest absolute Gasteiger partial charge is 0.389 e. The van der Waals surface area contributed by atoms with Crippen LogP contribution in [-0.4, -0.2) is 39.8 Å². The molecule has 1 N–H and O–H groups in total. The van der Waals surface area contributed by atoms with Crippen LogP contribution < -0.4 is 4.90 Å². The van der Waals surface area contributed by atoms with Crippen molar-refractivity contribution in [3.63, 3.8) is 0 Å². The molecule has 2 rings (SSSR count). The Hall–Kier alpha value is -2.67. The summed E-state index contributed by atoms with van der Waals surface area (Å²) in [5.41, 5.74) is 2.05. The number of hydrogen-bond donors (Lipinski definition) is 1. The monoisotopic (exact) mass is 316 g/mol. The highest BCUT2D eigenvalue weighted by Gasteiger charge is 2.19. The van der Waals surface area contributed by atoms with Crippen LogP contribution in [0.1, 0.15) is 18.3 Å². The number of aliphatic hydroxyl groups is 1. The highest BCUT2D eigenvalue weighted by Crippen LogP contribution is 2.18. The van der Waals surface area contributed by atoms with Crippen molar-refractivity contribution in [3.8, 4) is 0 Å². The lowest BCUT2D eigenvalue weighted by Gasteiger charge is -2.11. The van der Waals surface area contributed by atoms with Gasteiger partial charge in [-0.05, 0) is 35.6 Å². The van der Waals surface area contributed by atoms with Crippen LogP contribution in [0.2, 0.25) is 0 Å². The van der Waals surface area contributed by atoms with Crippen molar-refractivity contribution < 1.29 is 10.0 Å². The van der Waals surface area contributed by atoms with Crippen molar-refractivity contribution in [2.75, 3.05) is 19.0 Å². The summed E-state index contributed by atoms with van der Waals surface area (Å²) in [6.07, 6.45) is 4.05. The molecule has 1 aromatic carbocycles. The zero-order valence-electron chi connectivity index (χ0n) is 13.4. The number of benzene rings is 1. The van der Waals surface area contributed by atoms with Crippen LogP contribution in [0.4, 0.5) is 11.5 Å². The molecule has 0 aliphatic heterocycles. The highest BCUT2D eigenvalue weighted by atomic mass is 16.6. The molecule has 0 radical (unpaired) electrons. The van der Waals surface area contributed by atoms with E-state index in [1.807, 2.05) is 49.3 Å². The molecule has 1 aromatic heterocycles. The normalized spacial score (nSPS) is 12.5. The number of rotatable bonds is 6. The van der Waals surface area contributed by atoms with Gasteiger partial charge in [0.2, 0.25) is 5.82 Å². The van der Waals surface area contributed by atoms with E-state index in [2.05, 4.69) is 4.98 Å². The van der Waals surface area contributed by atoms with Gasteiger partial charge in [-0.3, -0.25) is 0 Å². The molecular weight excluding hydrogens is 296 g/mol. The predicted molar refractivity (Wildman–Crippen MR) is 90.3 cm³/mol. The van der Waals surface area contributed by atoms with Gasteiger partial charge in [0, 0.05) is 25.9 Å². The minimum atomic E-state index is -0.700. The Morgan fingerprint density at radius 2 is 2.00 bits per heavy atom. The van der Waals surface area contributed by atoms with E-state index in [9.17, 15) is 15.2 Å². The number of nitrogens with zero attached hydrogens (tertiary/aromatic N) is 4. The maximum atomic E-state index is 11.0. The number of hydrogen-bond acceptors (Lipinski definition) is 5. The van der Waals surface area contributed by atoms with Gasteiger partial charge in [-0.2, -0.15) is 0 Å². The summed E-state index contributed by atoms with van der Waals surface area (Å²) in [7, 11) is 3.94. The van der Waals surface area contributed by atoms with Crippen molar-refractivity contribution in [3.05, 3.63) is 52.0 Å². The van der Waals surface area contributed by atoms with E-state index in [0.29, 0.717) is 5.82 Å². The van der Waals surface area contributed by atoms with Crippen molar-refractivity contribution in [2.24, 2.45) is 0 Å². The summed E-state index contributed by atoms with van der Waals surface area (Å²) in [6.45, 7) is 1.70. The third kappa shape index (κ3) is 4.17. The highest BCUT2D eigenvalue weighted by molar-refractivity contribution is 5.68. The summed E-state index contributed by atoms with van der Waals surface area (Å²) in [4.78, 5) is 16.6. The first-order valence-corrected chi connectivity index (χ1v) is 7.22. The number of anilines is 1. The number of imidazole rings is 1. The first-order chi connectivity index (χ1) is 10.9. The zero-order valence-corrected chi connectivity index (χ0v) is 13.4. The zero-order chi connectivity index (χ0) is 17.0. The van der Waals surface area contributed by atoms with Crippen molar-refractivity contribution >= 4 is 23.7 Å². The van der Waals surface area contributed by atoms with Crippen molar-refractivity contribution in [1.29, 1.82) is 0 Å². The minimum Gasteiger partial charge on any atom is -0.389 e. The molecular formula is C16H20N4O3. The Kier molecular flexibility index (Phi) is 5.13. The fourth-order valence-corrected chi connectivity index (χ4v) is 2.16. The Labute approximate surface area is 134 Å². The average Bonchev–Trinajstić information content (AvgIpc) is 2.87. The van der Waals surface area contributed by atoms with E-state index in [0.717, 1.165) is 11.3 Å². The summed E-state index contributed by atoms with van der Waals surface area (Å²) >= 11 is 0. The van der Waals surface area contributed by atoms with Crippen LogP contribution in [0.3, 0.4) is 0 Å². The molecule has 0 bridgehead atoms. The molecule has 1 heterocycles. The van der Waals surface area contributed by atoms with Crippen LogP contribution >= 0.6 is 0 Å². The smallest absolute Gasteiger partial charge is 0.343 e. The lowest BCUT2D eigenvalue weighted by molar-refractivity contribution is -0.392. The molecule has 0 saturated heterocycles. The minimum absolute atomic E-state index is 0.121. The quantitative estimate of drug-likeness (QED) is 0.653. The Morgan fingerprint density at radius 3 is 2.52 bits per heavy atom. The Morgan fingerprint density at radius 1 is 1.35 bits per heavy atom. The third-order valence-electron chi connectivity index (χ3n) is 3.33. The van der Waals surface area contributed by atoms with Gasteiger partial charge in [0.05, 0.1) is 6.10 Å². The molecule has 0 spiro atoms. The van der Waals surface area contributed by atoms with Crippen LogP contribution in [0, 0.1) is 10.1 Å². The van der Waals surface area contributed by atoms with Gasteiger partial charge >= 0.3 is 5.82 Å². The van der Waals surface area contributed by atoms with E-state index in [1.165, 1.54) is 10.8 Å². The maximum absolute atomic E-state index is 11.0. The molecule has 0 aliphatic rings. The molecule has 0 fully saturated rings. The first-order valence-electron chi connectivity index (χ1n) is 7.22. The molecule has 7 heteroatoms. The van der Waals surface area contributed by atoms with E-state index in [-0.39, 0.29) is 12.4 Å². The molecule has 1 unspecified atom stereocenters. The second-order valence-electron chi connectivity index (χ2n) is 5.51. The summed E-state index contributed by atoms with van der Waals surface area (Å²) < 4.78 is 1.40. The molecule has 2 aromatic rings. The van der Waals surface area contributed by atoms with Crippen LogP contribution in [0.25, 0.3) is 12.2 Å². The van der Waals surface area contributed by atoms with Gasteiger partial charge in [-0.25, -0.2) is 9.55 Å². The molecule has 0 aliphatic carbocycles. The number of nitro groups is 1. The van der Waals surface area contributed by atoms with E-state index >= 15 is 0 Å². The average molecular weight is 316 g/mol. The fraction of sp³-hybridized carbons (Fsp3) is 0.312. The van der Waals surface area contributed by atoms with Gasteiger partial charge in [-0.1, -0.05) is 12.1 Å². The van der Waals surface area contributed by atoms with Crippen LogP contribution in [0.5, 0.6) is 0 Å². The molecule has 122 valence electrons. The first kappa shape index (κ1) is 16.7. The van der Waals surface area contributed by atoms with Crippen LogP contribution in [0.15, 0.2) is 30.5 Å². The number of aliphatic hydroxyl groups excluding tert-OH is 1. The second kappa shape index (κ2) is 7.06. The van der Waals surface area contributed by atoms with Gasteiger partial charge in [0.15, 0.2) is 0 Å². The van der Waals surface area contributed by atoms with E-state index in [1.54, 1.807) is 13.0 Å². The lowest BCUT2D eigenvalue weighted by atomic mass is 10.2. The Bertz CT molecular complexity index is 703. The molecule has 0 amide bonds. The van der Waals surface area contributed by atoms with Crippen molar-refractivity contribution in [1.82, 2.24) is 9.55 Å². The second-order valence-corrected chi connectivity index (χ2v) is 5.51. The lowest BCUT2D eigenvalue weighted by Crippen LogP contribution is -2.14. The maximum Gasteiger partial charge on any atom is 0.343 e. The summed E-state index contributed by atoms with van der Waals surface area (Å²) in [6, 6.07) is 7.90. The Balaban J connectivity index is 2.26. The van der Waals surface area contributed by atoms with E-state index < -0.39 is 11.0 Å². The SMILES string of the molecule is CC(O)Cn1c([N+](=O)[O-])cnc1/C=C/c1ccc(N(C)C)cc1. The third-order valence-corrected chi connectivity index (χ3v) is 3.33. The summed E-state index contributed by atoms with van der Waals surface area (Å²) in [5.74, 6) is 0.308.